The summed E-state index contributed by atoms with van der Waals surface area (Å²) in [5.41, 5.74) is 1.07. The molecule has 6 heteroatoms. The summed E-state index contributed by atoms with van der Waals surface area (Å²) >= 11 is 12.0. The molecule has 0 spiro atoms. The minimum atomic E-state index is -0.168. The van der Waals surface area contributed by atoms with Gasteiger partial charge in [-0.1, -0.05) is 29.3 Å². The van der Waals surface area contributed by atoms with E-state index in [-0.39, 0.29) is 18.0 Å². The van der Waals surface area contributed by atoms with Crippen molar-refractivity contribution in [1.82, 2.24) is 15.5 Å². The Kier molecular flexibility index (Phi) is 5.27. The maximum atomic E-state index is 12.0. The lowest BCUT2D eigenvalue weighted by atomic mass is 10.0. The van der Waals surface area contributed by atoms with E-state index in [4.69, 9.17) is 23.2 Å². The predicted molar refractivity (Wildman–Crippen MR) is 82.3 cm³/mol. The number of nitrogens with one attached hydrogen (secondary N) is 2. The Labute approximate surface area is 129 Å². The number of nitrogens with zero attached hydrogens (tertiary/aromatic N) is 1. The summed E-state index contributed by atoms with van der Waals surface area (Å²) in [7, 11) is 1.67. The van der Waals surface area contributed by atoms with Crippen LogP contribution in [0.4, 0.5) is 0 Å². The van der Waals surface area contributed by atoms with Crippen molar-refractivity contribution in [2.75, 3.05) is 26.7 Å². The zero-order valence-corrected chi connectivity index (χ0v) is 13.1. The molecule has 1 aromatic carbocycles. The minimum absolute atomic E-state index is 0.0316. The molecule has 2 atom stereocenters. The number of piperazine rings is 1. The maximum absolute atomic E-state index is 12.0. The molecule has 0 aliphatic carbocycles. The van der Waals surface area contributed by atoms with Crippen molar-refractivity contribution in [2.45, 2.75) is 19.0 Å². The average Bonchev–Trinajstić information content (AvgIpc) is 2.48. The highest BCUT2D eigenvalue weighted by molar-refractivity contribution is 6.42. The molecular weight excluding hydrogens is 297 g/mol. The lowest BCUT2D eigenvalue weighted by molar-refractivity contribution is -0.127. The van der Waals surface area contributed by atoms with Crippen molar-refractivity contribution in [3.05, 3.63) is 33.8 Å². The smallest absolute Gasteiger partial charge is 0.238 e. The summed E-state index contributed by atoms with van der Waals surface area (Å²) in [5, 5.41) is 7.07. The number of carbonyl (C=O) groups is 1. The van der Waals surface area contributed by atoms with Crippen LogP contribution in [0.15, 0.2) is 18.2 Å². The van der Waals surface area contributed by atoms with Crippen LogP contribution in [0.2, 0.25) is 10.0 Å². The second-order valence-electron chi connectivity index (χ2n) is 4.92. The van der Waals surface area contributed by atoms with E-state index in [1.807, 2.05) is 12.1 Å². The van der Waals surface area contributed by atoms with Gasteiger partial charge in [0.25, 0.3) is 0 Å². The average molecular weight is 316 g/mol. The van der Waals surface area contributed by atoms with Crippen LogP contribution in [0.5, 0.6) is 0 Å². The third-order valence-corrected chi connectivity index (χ3v) is 4.50. The van der Waals surface area contributed by atoms with E-state index in [1.165, 1.54) is 0 Å². The zero-order chi connectivity index (χ0) is 14.7. The van der Waals surface area contributed by atoms with Crippen molar-refractivity contribution in [3.63, 3.8) is 0 Å². The fourth-order valence-corrected chi connectivity index (χ4v) is 2.86. The van der Waals surface area contributed by atoms with Crippen LogP contribution in [0.3, 0.4) is 0 Å². The fraction of sp³-hybridized carbons (Fsp3) is 0.500. The molecule has 4 nitrogen and oxygen atoms in total. The van der Waals surface area contributed by atoms with Gasteiger partial charge < -0.3 is 10.6 Å². The SMILES string of the molecule is CNC(=O)C1CNCCN1C(C)c1ccc(Cl)c(Cl)c1. The van der Waals surface area contributed by atoms with Gasteiger partial charge in [-0.15, -0.1) is 0 Å². The van der Waals surface area contributed by atoms with Gasteiger partial charge in [0.05, 0.1) is 10.0 Å². The van der Waals surface area contributed by atoms with Gasteiger partial charge in [-0.25, -0.2) is 0 Å². The van der Waals surface area contributed by atoms with E-state index in [2.05, 4.69) is 22.5 Å². The molecule has 110 valence electrons. The summed E-state index contributed by atoms with van der Waals surface area (Å²) in [6.45, 7) is 4.44. The quantitative estimate of drug-likeness (QED) is 0.897. The highest BCUT2D eigenvalue weighted by atomic mass is 35.5. The molecule has 20 heavy (non-hydrogen) atoms. The Balaban J connectivity index is 2.22. The molecule has 1 fully saturated rings. The van der Waals surface area contributed by atoms with Gasteiger partial charge >= 0.3 is 0 Å². The molecule has 2 rings (SSSR count). The molecule has 0 aromatic heterocycles. The topological polar surface area (TPSA) is 44.4 Å². The normalized spacial score (nSPS) is 21.5. The van der Waals surface area contributed by atoms with Crippen LogP contribution < -0.4 is 10.6 Å². The first-order valence-electron chi connectivity index (χ1n) is 6.67. The molecule has 1 heterocycles. The summed E-state index contributed by atoms with van der Waals surface area (Å²) in [5.74, 6) is 0.0316. The molecule has 2 N–H and O–H groups in total. The molecule has 1 amide bonds. The Morgan fingerprint density at radius 1 is 1.45 bits per heavy atom. The molecule has 1 aliphatic heterocycles. The highest BCUT2D eigenvalue weighted by Crippen LogP contribution is 2.29. The summed E-state index contributed by atoms with van der Waals surface area (Å²) in [6, 6.07) is 5.57. The first-order chi connectivity index (χ1) is 9.54. The van der Waals surface area contributed by atoms with Crippen molar-refractivity contribution >= 4 is 29.1 Å². The van der Waals surface area contributed by atoms with Crippen LogP contribution in [0, 0.1) is 0 Å². The first-order valence-corrected chi connectivity index (χ1v) is 7.43. The van der Waals surface area contributed by atoms with E-state index < -0.39 is 0 Å². The third kappa shape index (κ3) is 3.26. The van der Waals surface area contributed by atoms with Crippen LogP contribution in [0.25, 0.3) is 0 Å². The van der Waals surface area contributed by atoms with Crippen molar-refractivity contribution < 1.29 is 4.79 Å². The Bertz CT molecular complexity index is 495. The lowest BCUT2D eigenvalue weighted by Gasteiger charge is -2.39. The monoisotopic (exact) mass is 315 g/mol. The largest absolute Gasteiger partial charge is 0.358 e. The molecule has 0 saturated carbocycles. The van der Waals surface area contributed by atoms with Gasteiger partial charge in [-0.2, -0.15) is 0 Å². The van der Waals surface area contributed by atoms with Gasteiger partial charge in [-0.3, -0.25) is 9.69 Å². The van der Waals surface area contributed by atoms with Crippen molar-refractivity contribution in [1.29, 1.82) is 0 Å². The molecule has 2 unspecified atom stereocenters. The second kappa shape index (κ2) is 6.76. The maximum Gasteiger partial charge on any atom is 0.238 e. The summed E-state index contributed by atoms with van der Waals surface area (Å²) < 4.78 is 0. The Morgan fingerprint density at radius 2 is 2.20 bits per heavy atom. The van der Waals surface area contributed by atoms with Gasteiger partial charge in [-0.05, 0) is 24.6 Å². The number of halogens is 2. The summed E-state index contributed by atoms with van der Waals surface area (Å²) in [4.78, 5) is 14.2. The number of hydrogen-bond acceptors (Lipinski definition) is 3. The number of benzene rings is 1. The fourth-order valence-electron chi connectivity index (χ4n) is 2.56. The van der Waals surface area contributed by atoms with Crippen molar-refractivity contribution in [3.8, 4) is 0 Å². The predicted octanol–water partition coefficient (Wildman–Crippen LogP) is 2.07. The number of carbonyl (C=O) groups excluding carboxylic acids is 1. The molecule has 0 bridgehead atoms. The molecular formula is C14H19Cl2N3O. The standard InChI is InChI=1S/C14H19Cl2N3O/c1-9(10-3-4-11(15)12(16)7-10)19-6-5-18-8-13(19)14(20)17-2/h3-4,7,9,13,18H,5-6,8H2,1-2H3,(H,17,20). The van der Waals surface area contributed by atoms with Crippen LogP contribution in [0.1, 0.15) is 18.5 Å². The van der Waals surface area contributed by atoms with E-state index in [0.717, 1.165) is 18.7 Å². The van der Waals surface area contributed by atoms with Crippen molar-refractivity contribution in [2.24, 2.45) is 0 Å². The third-order valence-electron chi connectivity index (χ3n) is 3.76. The Hall–Kier alpha value is -0.810. The van der Waals surface area contributed by atoms with Crippen LogP contribution in [-0.2, 0) is 4.79 Å². The van der Waals surface area contributed by atoms with E-state index in [9.17, 15) is 4.79 Å². The Morgan fingerprint density at radius 3 is 2.85 bits per heavy atom. The van der Waals surface area contributed by atoms with E-state index in [1.54, 1.807) is 13.1 Å². The highest BCUT2D eigenvalue weighted by Gasteiger charge is 2.31. The van der Waals surface area contributed by atoms with Gasteiger partial charge in [0.1, 0.15) is 6.04 Å². The number of likely N-dealkylation sites (N-methyl/N-ethyl adjacent to an activating group) is 1. The number of rotatable bonds is 3. The first kappa shape index (κ1) is 15.6. The molecule has 0 radical (unpaired) electrons. The summed E-state index contributed by atoms with van der Waals surface area (Å²) in [6.07, 6.45) is 0. The molecule has 1 aliphatic rings. The molecule has 1 saturated heterocycles. The van der Waals surface area contributed by atoms with E-state index in [0.29, 0.717) is 16.6 Å². The number of amides is 1. The second-order valence-corrected chi connectivity index (χ2v) is 5.74. The van der Waals surface area contributed by atoms with Crippen LogP contribution >= 0.6 is 23.2 Å². The molecule has 1 aromatic rings. The zero-order valence-electron chi connectivity index (χ0n) is 11.6. The lowest BCUT2D eigenvalue weighted by Crippen LogP contribution is -2.57. The van der Waals surface area contributed by atoms with E-state index >= 15 is 0 Å². The van der Waals surface area contributed by atoms with Gasteiger partial charge in [0.2, 0.25) is 5.91 Å². The minimum Gasteiger partial charge on any atom is -0.358 e. The van der Waals surface area contributed by atoms with Gasteiger partial charge in [0.15, 0.2) is 0 Å². The van der Waals surface area contributed by atoms with Crippen LogP contribution in [-0.4, -0.2) is 43.5 Å². The number of hydrogen-bond donors (Lipinski definition) is 2. The van der Waals surface area contributed by atoms with Gasteiger partial charge in [0, 0.05) is 32.7 Å².